The van der Waals surface area contributed by atoms with Crippen molar-refractivity contribution in [2.24, 2.45) is 0 Å². The van der Waals surface area contributed by atoms with E-state index in [9.17, 15) is 26.0 Å². The van der Waals surface area contributed by atoms with Gasteiger partial charge in [0.15, 0.2) is 9.79 Å². The Labute approximate surface area is 134 Å². The predicted molar refractivity (Wildman–Crippen MR) is 82.4 cm³/mol. The standard InChI is InChI=1S/C15H15F2S.BF4/c1-11-8-9-14(12(2)10-11)18(15(16)17)13-6-4-3-5-7-13;2-1(3,4)5/h3-10,15H,1-2H3;/q+1;-1. The van der Waals surface area contributed by atoms with Crippen molar-refractivity contribution >= 4 is 18.1 Å². The lowest BCUT2D eigenvalue weighted by atomic mass is 10.2. The normalized spacial score (nSPS) is 12.6. The summed E-state index contributed by atoms with van der Waals surface area (Å²) in [5.41, 5.74) is 2.03. The Morgan fingerprint density at radius 2 is 1.39 bits per heavy atom. The van der Waals surface area contributed by atoms with Gasteiger partial charge in [-0.05, 0) is 32.0 Å². The highest BCUT2D eigenvalue weighted by Crippen LogP contribution is 2.31. The van der Waals surface area contributed by atoms with E-state index in [0.717, 1.165) is 16.0 Å². The molecule has 0 spiro atoms. The number of benzene rings is 2. The molecule has 0 amide bonds. The summed E-state index contributed by atoms with van der Waals surface area (Å²) in [6.45, 7) is 3.87. The Kier molecular flexibility index (Phi) is 7.06. The minimum Gasteiger partial charge on any atom is -0.418 e. The topological polar surface area (TPSA) is 0 Å². The number of aryl methyl sites for hydroxylation is 2. The summed E-state index contributed by atoms with van der Waals surface area (Å²) in [7, 11) is -7.16. The molecule has 0 aliphatic heterocycles. The fourth-order valence-corrected chi connectivity index (χ4v) is 3.66. The zero-order valence-corrected chi connectivity index (χ0v) is 13.3. The Morgan fingerprint density at radius 1 is 0.870 bits per heavy atom. The Hall–Kier alpha value is -1.57. The second-order valence-corrected chi connectivity index (χ2v) is 6.62. The van der Waals surface area contributed by atoms with Gasteiger partial charge < -0.3 is 17.3 Å². The number of rotatable bonds is 3. The first kappa shape index (κ1) is 19.5. The van der Waals surface area contributed by atoms with Crippen LogP contribution in [-0.2, 0) is 10.9 Å². The minimum absolute atomic E-state index is 0.694. The van der Waals surface area contributed by atoms with Crippen LogP contribution in [0.25, 0.3) is 0 Å². The Morgan fingerprint density at radius 3 is 1.83 bits per heavy atom. The summed E-state index contributed by atoms with van der Waals surface area (Å²) < 4.78 is 65.7. The van der Waals surface area contributed by atoms with Gasteiger partial charge in [-0.3, -0.25) is 0 Å². The SMILES string of the molecule is Cc1ccc([S+](c2ccccc2)C(F)F)c(C)c1.F[B-](F)(F)F. The first-order chi connectivity index (χ1) is 10.6. The van der Waals surface area contributed by atoms with Gasteiger partial charge in [0.25, 0.3) is 0 Å². The van der Waals surface area contributed by atoms with Gasteiger partial charge in [-0.25, -0.2) is 0 Å². The molecule has 0 bridgehead atoms. The van der Waals surface area contributed by atoms with Crippen LogP contribution in [0.5, 0.6) is 0 Å². The molecule has 0 N–H and O–H groups in total. The maximum atomic E-state index is 13.4. The maximum absolute atomic E-state index is 13.4. The van der Waals surface area contributed by atoms with E-state index in [4.69, 9.17) is 0 Å². The van der Waals surface area contributed by atoms with Gasteiger partial charge >= 0.3 is 13.0 Å². The molecular weight excluding hydrogens is 337 g/mol. The average molecular weight is 352 g/mol. The quantitative estimate of drug-likeness (QED) is 0.369. The van der Waals surface area contributed by atoms with Crippen molar-refractivity contribution in [3.8, 4) is 0 Å². The van der Waals surface area contributed by atoms with Crippen LogP contribution in [0.2, 0.25) is 0 Å². The zero-order valence-electron chi connectivity index (χ0n) is 12.4. The van der Waals surface area contributed by atoms with Crippen LogP contribution >= 0.6 is 0 Å². The molecular formula is C15H15BF6S. The van der Waals surface area contributed by atoms with E-state index >= 15 is 0 Å². The molecule has 0 saturated heterocycles. The van der Waals surface area contributed by atoms with Gasteiger partial charge in [0, 0.05) is 5.56 Å². The number of halogens is 6. The van der Waals surface area contributed by atoms with E-state index in [0.29, 0.717) is 4.90 Å². The summed E-state index contributed by atoms with van der Waals surface area (Å²) in [6.07, 6.45) is 0. The third kappa shape index (κ3) is 7.03. The molecule has 2 aromatic rings. The van der Waals surface area contributed by atoms with Gasteiger partial charge in [-0.2, -0.15) is 8.78 Å². The smallest absolute Gasteiger partial charge is 0.418 e. The van der Waals surface area contributed by atoms with Crippen molar-refractivity contribution in [2.45, 2.75) is 29.4 Å². The van der Waals surface area contributed by atoms with Crippen LogP contribution in [0.3, 0.4) is 0 Å². The molecule has 0 nitrogen and oxygen atoms in total. The molecule has 0 aliphatic rings. The highest BCUT2D eigenvalue weighted by atomic mass is 32.2. The molecule has 23 heavy (non-hydrogen) atoms. The van der Waals surface area contributed by atoms with Crippen LogP contribution in [-0.4, -0.2) is 13.0 Å². The molecule has 0 radical (unpaired) electrons. The second-order valence-electron chi connectivity index (χ2n) is 4.68. The fraction of sp³-hybridized carbons (Fsp3) is 0.200. The van der Waals surface area contributed by atoms with Gasteiger partial charge in [0.05, 0.1) is 0 Å². The molecule has 1 atom stereocenters. The lowest BCUT2D eigenvalue weighted by Gasteiger charge is -2.09. The van der Waals surface area contributed by atoms with E-state index in [-0.39, 0.29) is 0 Å². The third-order valence-electron chi connectivity index (χ3n) is 2.74. The van der Waals surface area contributed by atoms with Crippen LogP contribution in [0.15, 0.2) is 58.3 Å². The molecule has 0 aromatic heterocycles. The molecule has 0 saturated carbocycles. The van der Waals surface area contributed by atoms with Crippen LogP contribution in [0, 0.1) is 13.8 Å². The fourth-order valence-electron chi connectivity index (χ4n) is 1.94. The van der Waals surface area contributed by atoms with Crippen molar-refractivity contribution in [1.82, 2.24) is 0 Å². The monoisotopic (exact) mass is 352 g/mol. The average Bonchev–Trinajstić information content (AvgIpc) is 2.40. The maximum Gasteiger partial charge on any atom is 0.673 e. The molecule has 2 rings (SSSR count). The largest absolute Gasteiger partial charge is 0.673 e. The predicted octanol–water partition coefficient (Wildman–Crippen LogP) is 5.86. The Balaban J connectivity index is 0.000000463. The van der Waals surface area contributed by atoms with Crippen LogP contribution in [0.4, 0.5) is 26.0 Å². The summed E-state index contributed by atoms with van der Waals surface area (Å²) in [5, 5.41) is 0. The molecule has 8 heteroatoms. The number of alkyl halides is 2. The molecule has 0 aliphatic carbocycles. The highest BCUT2D eigenvalue weighted by molar-refractivity contribution is 7.97. The van der Waals surface area contributed by atoms with E-state index in [2.05, 4.69) is 0 Å². The van der Waals surface area contributed by atoms with Crippen molar-refractivity contribution in [2.75, 3.05) is 0 Å². The first-order valence-electron chi connectivity index (χ1n) is 6.60. The van der Waals surface area contributed by atoms with Gasteiger partial charge in [0.1, 0.15) is 10.9 Å². The van der Waals surface area contributed by atoms with Crippen molar-refractivity contribution in [3.63, 3.8) is 0 Å². The molecule has 0 fully saturated rings. The van der Waals surface area contributed by atoms with E-state index in [1.54, 1.807) is 24.3 Å². The van der Waals surface area contributed by atoms with Gasteiger partial charge in [-0.15, -0.1) is 0 Å². The summed E-state index contributed by atoms with van der Waals surface area (Å²) in [6, 6.07) is 14.7. The second kappa shape index (κ2) is 8.33. The van der Waals surface area contributed by atoms with Gasteiger partial charge in [-0.1, -0.05) is 35.9 Å². The van der Waals surface area contributed by atoms with Crippen molar-refractivity contribution in [1.29, 1.82) is 0 Å². The number of hydrogen-bond donors (Lipinski definition) is 0. The van der Waals surface area contributed by atoms with Crippen LogP contribution < -0.4 is 0 Å². The molecule has 2 aromatic carbocycles. The summed E-state index contributed by atoms with van der Waals surface area (Å²) in [4.78, 5) is 1.43. The first-order valence-corrected chi connectivity index (χ1v) is 7.89. The van der Waals surface area contributed by atoms with Crippen LogP contribution in [0.1, 0.15) is 11.1 Å². The highest BCUT2D eigenvalue weighted by Gasteiger charge is 2.37. The van der Waals surface area contributed by atoms with Crippen molar-refractivity contribution < 1.29 is 26.0 Å². The van der Waals surface area contributed by atoms with Gasteiger partial charge in [0.2, 0.25) is 0 Å². The van der Waals surface area contributed by atoms with E-state index in [1.807, 2.05) is 38.1 Å². The summed E-state index contributed by atoms with van der Waals surface area (Å²) in [5.74, 6) is -2.37. The molecule has 126 valence electrons. The van der Waals surface area contributed by atoms with E-state index in [1.165, 1.54) is 0 Å². The number of hydrogen-bond acceptors (Lipinski definition) is 0. The minimum atomic E-state index is -6.00. The Bertz CT molecular complexity index is 609. The summed E-state index contributed by atoms with van der Waals surface area (Å²) >= 11 is 0. The third-order valence-corrected chi connectivity index (χ3v) is 4.81. The lowest BCUT2D eigenvalue weighted by Crippen LogP contribution is -2.14. The molecule has 0 heterocycles. The van der Waals surface area contributed by atoms with Crippen molar-refractivity contribution in [3.05, 3.63) is 59.7 Å². The lowest BCUT2D eigenvalue weighted by molar-refractivity contribution is 0.247. The van der Waals surface area contributed by atoms with E-state index < -0.39 is 23.9 Å². The zero-order chi connectivity index (χ0) is 17.6. The molecule has 1 unspecified atom stereocenters.